The molecular formula is C19H20BrN5O. The van der Waals surface area contributed by atoms with Gasteiger partial charge >= 0.3 is 0 Å². The van der Waals surface area contributed by atoms with Crippen LogP contribution in [-0.2, 0) is 6.54 Å². The molecule has 3 aliphatic rings. The zero-order valence-corrected chi connectivity index (χ0v) is 16.4. The molecule has 5 rings (SSSR count). The summed E-state index contributed by atoms with van der Waals surface area (Å²) in [4.78, 5) is 26.6. The first-order valence-electron chi connectivity index (χ1n) is 9.01. The summed E-state index contributed by atoms with van der Waals surface area (Å²) in [6, 6.07) is 8.83. The van der Waals surface area contributed by atoms with E-state index >= 15 is 0 Å². The SMILES string of the molecule is Cc1nc2c(n1Cc1ccc(Br)cc1)C(=O)N(C)C1=N[C@@H]3CCC[C@@H]3N12. The first kappa shape index (κ1) is 16.1. The number of carbonyl (C=O) groups is 1. The lowest BCUT2D eigenvalue weighted by atomic mass is 10.1. The number of halogens is 1. The fraction of sp³-hybridized carbons (Fsp3) is 0.421. The maximum Gasteiger partial charge on any atom is 0.280 e. The van der Waals surface area contributed by atoms with Crippen molar-refractivity contribution >= 4 is 33.6 Å². The Morgan fingerprint density at radius 3 is 2.77 bits per heavy atom. The summed E-state index contributed by atoms with van der Waals surface area (Å²) in [5, 5.41) is 0. The molecule has 0 spiro atoms. The van der Waals surface area contributed by atoms with Crippen molar-refractivity contribution in [1.29, 1.82) is 0 Å². The van der Waals surface area contributed by atoms with Gasteiger partial charge in [0.1, 0.15) is 5.82 Å². The molecule has 1 aromatic carbocycles. The Kier molecular flexibility index (Phi) is 3.50. The van der Waals surface area contributed by atoms with Gasteiger partial charge in [-0.25, -0.2) is 9.98 Å². The van der Waals surface area contributed by atoms with E-state index in [-0.39, 0.29) is 5.91 Å². The molecule has 26 heavy (non-hydrogen) atoms. The fourth-order valence-corrected chi connectivity index (χ4v) is 4.64. The number of benzene rings is 1. The molecule has 6 nitrogen and oxygen atoms in total. The van der Waals surface area contributed by atoms with Crippen LogP contribution in [0.2, 0.25) is 0 Å². The van der Waals surface area contributed by atoms with E-state index < -0.39 is 0 Å². The molecule has 1 fully saturated rings. The van der Waals surface area contributed by atoms with Gasteiger partial charge in [0, 0.05) is 18.1 Å². The van der Waals surface area contributed by atoms with Crippen molar-refractivity contribution in [3.05, 3.63) is 45.8 Å². The van der Waals surface area contributed by atoms with Crippen LogP contribution in [0, 0.1) is 6.92 Å². The Balaban J connectivity index is 1.61. The number of rotatable bonds is 2. The smallest absolute Gasteiger partial charge is 0.280 e. The third kappa shape index (κ3) is 2.19. The van der Waals surface area contributed by atoms with Crippen LogP contribution >= 0.6 is 15.9 Å². The second-order valence-electron chi connectivity index (χ2n) is 7.27. The normalized spacial score (nSPS) is 23.8. The first-order valence-corrected chi connectivity index (χ1v) is 9.80. The molecule has 1 amide bonds. The quantitative estimate of drug-likeness (QED) is 0.759. The van der Waals surface area contributed by atoms with Crippen LogP contribution in [0.4, 0.5) is 5.82 Å². The lowest BCUT2D eigenvalue weighted by Gasteiger charge is -2.34. The third-order valence-electron chi connectivity index (χ3n) is 5.70. The number of fused-ring (bicyclic) bond motifs is 5. The number of aromatic nitrogens is 2. The number of guanidine groups is 1. The molecule has 0 radical (unpaired) electrons. The maximum absolute atomic E-state index is 13.1. The summed E-state index contributed by atoms with van der Waals surface area (Å²) in [5.74, 6) is 2.40. The van der Waals surface area contributed by atoms with Crippen molar-refractivity contribution in [2.75, 3.05) is 11.9 Å². The summed E-state index contributed by atoms with van der Waals surface area (Å²) >= 11 is 3.47. The van der Waals surface area contributed by atoms with Gasteiger partial charge in [-0.1, -0.05) is 28.1 Å². The first-order chi connectivity index (χ1) is 12.5. The Morgan fingerprint density at radius 1 is 1.23 bits per heavy atom. The summed E-state index contributed by atoms with van der Waals surface area (Å²) in [6.45, 7) is 2.61. The molecule has 0 unspecified atom stereocenters. The molecule has 2 aromatic rings. The van der Waals surface area contributed by atoms with Crippen LogP contribution in [0.15, 0.2) is 33.7 Å². The topological polar surface area (TPSA) is 53.7 Å². The Hall–Kier alpha value is -2.15. The number of hydrogen-bond acceptors (Lipinski definition) is 4. The maximum atomic E-state index is 13.1. The average molecular weight is 414 g/mol. The van der Waals surface area contributed by atoms with Crippen molar-refractivity contribution in [3.63, 3.8) is 0 Å². The Morgan fingerprint density at radius 2 is 2.00 bits per heavy atom. The molecular weight excluding hydrogens is 394 g/mol. The van der Waals surface area contributed by atoms with E-state index in [1.54, 1.807) is 4.90 Å². The number of aliphatic imine (C=N–C) groups is 1. The van der Waals surface area contributed by atoms with Crippen LogP contribution in [0.3, 0.4) is 0 Å². The minimum Gasteiger partial charge on any atom is -0.318 e. The van der Waals surface area contributed by atoms with Gasteiger partial charge < -0.3 is 4.57 Å². The molecule has 1 saturated carbocycles. The van der Waals surface area contributed by atoms with Crippen LogP contribution in [0.1, 0.15) is 41.1 Å². The average Bonchev–Trinajstić information content (AvgIpc) is 3.28. The lowest BCUT2D eigenvalue weighted by molar-refractivity contribution is 0.0854. The summed E-state index contributed by atoms with van der Waals surface area (Å²) in [6.07, 6.45) is 3.40. The molecule has 7 heteroatoms. The molecule has 134 valence electrons. The minimum absolute atomic E-state index is 0.0207. The van der Waals surface area contributed by atoms with Crippen molar-refractivity contribution in [3.8, 4) is 0 Å². The number of amides is 1. The van der Waals surface area contributed by atoms with Crippen molar-refractivity contribution in [1.82, 2.24) is 14.5 Å². The van der Waals surface area contributed by atoms with Crippen LogP contribution in [-0.4, -0.2) is 45.4 Å². The monoisotopic (exact) mass is 413 g/mol. The predicted octanol–water partition coefficient (Wildman–Crippen LogP) is 3.19. The van der Waals surface area contributed by atoms with Gasteiger partial charge in [-0.15, -0.1) is 0 Å². The molecule has 2 atom stereocenters. The predicted molar refractivity (Wildman–Crippen MR) is 104 cm³/mol. The van der Waals surface area contributed by atoms with Gasteiger partial charge in [0.25, 0.3) is 5.91 Å². The highest BCUT2D eigenvalue weighted by atomic mass is 79.9. The van der Waals surface area contributed by atoms with Crippen molar-refractivity contribution in [2.24, 2.45) is 4.99 Å². The van der Waals surface area contributed by atoms with Crippen molar-refractivity contribution < 1.29 is 4.79 Å². The Bertz CT molecular complexity index is 932. The molecule has 0 bridgehead atoms. The number of anilines is 1. The Labute approximate surface area is 160 Å². The molecule has 2 aliphatic heterocycles. The molecule has 1 aromatic heterocycles. The summed E-state index contributed by atoms with van der Waals surface area (Å²) in [5.41, 5.74) is 1.83. The van der Waals surface area contributed by atoms with Gasteiger partial charge in [-0.2, -0.15) is 0 Å². The molecule has 1 aliphatic carbocycles. The van der Waals surface area contributed by atoms with Crippen LogP contribution in [0.25, 0.3) is 0 Å². The highest BCUT2D eigenvalue weighted by Gasteiger charge is 2.48. The van der Waals surface area contributed by atoms with E-state index in [4.69, 9.17) is 9.98 Å². The minimum atomic E-state index is -0.0207. The van der Waals surface area contributed by atoms with E-state index in [0.29, 0.717) is 24.3 Å². The summed E-state index contributed by atoms with van der Waals surface area (Å²) in [7, 11) is 1.82. The van der Waals surface area contributed by atoms with Crippen LogP contribution < -0.4 is 4.90 Å². The van der Waals surface area contributed by atoms with Gasteiger partial charge in [0.05, 0.1) is 12.1 Å². The fourth-order valence-electron chi connectivity index (χ4n) is 4.38. The highest BCUT2D eigenvalue weighted by molar-refractivity contribution is 9.10. The van der Waals surface area contributed by atoms with E-state index in [2.05, 4.69) is 33.0 Å². The van der Waals surface area contributed by atoms with Gasteiger partial charge in [0.15, 0.2) is 11.5 Å². The molecule has 0 N–H and O–H groups in total. The zero-order chi connectivity index (χ0) is 18.0. The highest BCUT2D eigenvalue weighted by Crippen LogP contribution is 2.40. The number of nitrogens with zero attached hydrogens (tertiary/aromatic N) is 5. The van der Waals surface area contributed by atoms with E-state index in [1.165, 1.54) is 6.42 Å². The third-order valence-corrected chi connectivity index (χ3v) is 6.23. The van der Waals surface area contributed by atoms with Crippen LogP contribution in [0.5, 0.6) is 0 Å². The second-order valence-corrected chi connectivity index (χ2v) is 8.19. The zero-order valence-electron chi connectivity index (χ0n) is 14.8. The van der Waals surface area contributed by atoms with Crippen molar-refractivity contribution in [2.45, 2.75) is 44.8 Å². The number of hydrogen-bond donors (Lipinski definition) is 0. The van der Waals surface area contributed by atoms with E-state index in [9.17, 15) is 4.79 Å². The number of aryl methyl sites for hydroxylation is 1. The molecule has 3 heterocycles. The molecule has 0 saturated heterocycles. The van der Waals surface area contributed by atoms with Gasteiger partial charge in [-0.3, -0.25) is 14.6 Å². The van der Waals surface area contributed by atoms with Gasteiger partial charge in [-0.05, 0) is 43.9 Å². The van der Waals surface area contributed by atoms with E-state index in [1.807, 2.05) is 30.7 Å². The largest absolute Gasteiger partial charge is 0.318 e. The standard InChI is InChI=1S/C19H20BrN5O/c1-11-21-17-16(24(11)10-12-6-8-13(20)9-7-12)18(26)23(2)19-22-14-4-3-5-15(14)25(17)19/h6-9,14-15H,3-5,10H2,1-2H3/t14-,15+/m1/s1. The second kappa shape index (κ2) is 5.67. The van der Waals surface area contributed by atoms with Gasteiger partial charge in [0.2, 0.25) is 5.96 Å². The lowest BCUT2D eigenvalue weighted by Crippen LogP contribution is -2.51. The van der Waals surface area contributed by atoms with E-state index in [0.717, 1.165) is 40.5 Å². The number of imidazole rings is 1. The summed E-state index contributed by atoms with van der Waals surface area (Å²) < 4.78 is 3.09. The number of carbonyl (C=O) groups excluding carboxylic acids is 1.